The van der Waals surface area contributed by atoms with Crippen LogP contribution in [0.15, 0.2) is 23.4 Å². The van der Waals surface area contributed by atoms with Crippen molar-refractivity contribution in [2.24, 2.45) is 0 Å². The largest absolute Gasteiger partial charge is 0.373 e. The molecule has 1 saturated carbocycles. The van der Waals surface area contributed by atoms with E-state index in [2.05, 4.69) is 10.3 Å². The van der Waals surface area contributed by atoms with Crippen molar-refractivity contribution < 1.29 is 9.53 Å². The molecule has 20 heavy (non-hydrogen) atoms. The van der Waals surface area contributed by atoms with Gasteiger partial charge in [0.1, 0.15) is 5.03 Å². The average molecular weight is 292 g/mol. The Morgan fingerprint density at radius 3 is 3.05 bits per heavy atom. The van der Waals surface area contributed by atoms with Gasteiger partial charge in [0, 0.05) is 6.20 Å². The first kappa shape index (κ1) is 13.9. The van der Waals surface area contributed by atoms with Crippen LogP contribution >= 0.6 is 11.8 Å². The number of nitrogens with one attached hydrogen (secondary N) is 1. The van der Waals surface area contributed by atoms with E-state index < -0.39 is 0 Å². The van der Waals surface area contributed by atoms with E-state index in [1.807, 2.05) is 12.3 Å². The zero-order chi connectivity index (χ0) is 14.0. The Labute approximate surface area is 123 Å². The van der Waals surface area contributed by atoms with Crippen LogP contribution in [-0.4, -0.2) is 35.4 Å². The maximum Gasteiger partial charge on any atom is 0.254 e. The molecule has 1 amide bonds. The predicted octanol–water partition coefficient (Wildman–Crippen LogP) is 2.64. The maximum absolute atomic E-state index is 12.4. The van der Waals surface area contributed by atoms with E-state index >= 15 is 0 Å². The van der Waals surface area contributed by atoms with Crippen molar-refractivity contribution in [1.29, 1.82) is 0 Å². The van der Waals surface area contributed by atoms with Crippen LogP contribution in [0.3, 0.4) is 0 Å². The van der Waals surface area contributed by atoms with Crippen molar-refractivity contribution in [2.45, 2.75) is 48.8 Å². The quantitative estimate of drug-likeness (QED) is 0.870. The van der Waals surface area contributed by atoms with E-state index in [0.29, 0.717) is 12.2 Å². The third-order valence-electron chi connectivity index (χ3n) is 4.27. The van der Waals surface area contributed by atoms with Crippen LogP contribution in [0.1, 0.15) is 42.5 Å². The first-order valence-corrected chi connectivity index (χ1v) is 8.39. The number of amides is 1. The summed E-state index contributed by atoms with van der Waals surface area (Å²) >= 11 is 1.50. The number of hydrogen-bond donors (Lipinski definition) is 1. The average Bonchev–Trinajstić information content (AvgIpc) is 3.09. The molecule has 2 heterocycles. The van der Waals surface area contributed by atoms with Gasteiger partial charge in [0.2, 0.25) is 0 Å². The standard InChI is InChI=1S/C15H20N2O2S/c1-20-14-12(5-4-8-16-14)13(18)17-11-9-15(19-10-11)6-2-3-7-15/h4-5,8,11H,2-3,6-7,9-10H2,1H3,(H,17,18). The normalized spacial score (nSPS) is 24.1. The van der Waals surface area contributed by atoms with Crippen molar-refractivity contribution in [1.82, 2.24) is 10.3 Å². The SMILES string of the molecule is CSc1ncccc1C(=O)NC1COC2(CCCC2)C1. The fourth-order valence-corrected chi connectivity index (χ4v) is 3.84. The first-order valence-electron chi connectivity index (χ1n) is 7.16. The Balaban J connectivity index is 1.65. The number of ether oxygens (including phenoxy) is 1. The van der Waals surface area contributed by atoms with Crippen LogP contribution in [0.5, 0.6) is 0 Å². The molecular weight excluding hydrogens is 272 g/mol. The molecule has 108 valence electrons. The van der Waals surface area contributed by atoms with Crippen LogP contribution in [-0.2, 0) is 4.74 Å². The molecule has 0 aromatic carbocycles. The number of thioether (sulfide) groups is 1. The van der Waals surface area contributed by atoms with Gasteiger partial charge in [-0.15, -0.1) is 11.8 Å². The lowest BCUT2D eigenvalue weighted by Gasteiger charge is -2.21. The summed E-state index contributed by atoms with van der Waals surface area (Å²) in [5.41, 5.74) is 0.710. The lowest BCUT2D eigenvalue weighted by molar-refractivity contribution is 0.00987. The Hall–Kier alpha value is -1.07. The summed E-state index contributed by atoms with van der Waals surface area (Å²) < 4.78 is 5.97. The molecule has 2 aliphatic rings. The third-order valence-corrected chi connectivity index (χ3v) is 4.98. The zero-order valence-electron chi connectivity index (χ0n) is 11.7. The van der Waals surface area contributed by atoms with Gasteiger partial charge >= 0.3 is 0 Å². The molecule has 1 aromatic rings. The summed E-state index contributed by atoms with van der Waals surface area (Å²) in [5, 5.41) is 3.88. The fourth-order valence-electron chi connectivity index (χ4n) is 3.29. The van der Waals surface area contributed by atoms with E-state index in [-0.39, 0.29) is 17.6 Å². The van der Waals surface area contributed by atoms with E-state index in [1.165, 1.54) is 24.6 Å². The second kappa shape index (κ2) is 5.74. The molecule has 2 fully saturated rings. The number of rotatable bonds is 3. The van der Waals surface area contributed by atoms with Gasteiger partial charge < -0.3 is 10.1 Å². The summed E-state index contributed by atoms with van der Waals surface area (Å²) in [4.78, 5) is 16.6. The maximum atomic E-state index is 12.4. The van der Waals surface area contributed by atoms with Gasteiger partial charge in [0.25, 0.3) is 5.91 Å². The number of pyridine rings is 1. The van der Waals surface area contributed by atoms with E-state index in [0.717, 1.165) is 24.3 Å². The van der Waals surface area contributed by atoms with Gasteiger partial charge in [-0.2, -0.15) is 0 Å². The molecule has 4 nitrogen and oxygen atoms in total. The lowest BCUT2D eigenvalue weighted by Crippen LogP contribution is -2.36. The highest BCUT2D eigenvalue weighted by atomic mass is 32.2. The Morgan fingerprint density at radius 2 is 2.30 bits per heavy atom. The molecule has 1 aliphatic carbocycles. The van der Waals surface area contributed by atoms with E-state index in [9.17, 15) is 4.79 Å². The summed E-state index contributed by atoms with van der Waals surface area (Å²) in [6, 6.07) is 3.77. The van der Waals surface area contributed by atoms with Crippen molar-refractivity contribution in [3.05, 3.63) is 23.9 Å². The highest BCUT2D eigenvalue weighted by Gasteiger charge is 2.42. The summed E-state index contributed by atoms with van der Waals surface area (Å²) in [6.07, 6.45) is 9.39. The van der Waals surface area contributed by atoms with Crippen LogP contribution in [0.25, 0.3) is 0 Å². The monoisotopic (exact) mass is 292 g/mol. The van der Waals surface area contributed by atoms with Crippen molar-refractivity contribution >= 4 is 17.7 Å². The zero-order valence-corrected chi connectivity index (χ0v) is 12.5. The molecule has 0 radical (unpaired) electrons. The number of carbonyl (C=O) groups is 1. The Kier molecular flexibility index (Phi) is 3.98. The molecule has 3 rings (SSSR count). The van der Waals surface area contributed by atoms with E-state index in [1.54, 1.807) is 12.3 Å². The van der Waals surface area contributed by atoms with Gasteiger partial charge in [0.15, 0.2) is 0 Å². The van der Waals surface area contributed by atoms with Crippen LogP contribution in [0.4, 0.5) is 0 Å². The topological polar surface area (TPSA) is 51.2 Å². The molecule has 1 spiro atoms. The molecule has 1 saturated heterocycles. The third kappa shape index (κ3) is 2.69. The van der Waals surface area contributed by atoms with Crippen LogP contribution in [0.2, 0.25) is 0 Å². The van der Waals surface area contributed by atoms with Gasteiger partial charge in [-0.3, -0.25) is 4.79 Å². The molecule has 5 heteroatoms. The Bertz CT molecular complexity index is 500. The number of hydrogen-bond acceptors (Lipinski definition) is 4. The molecule has 1 aliphatic heterocycles. The summed E-state index contributed by atoms with van der Waals surface area (Å²) in [5.74, 6) is -0.0360. The molecule has 1 atom stereocenters. The van der Waals surface area contributed by atoms with Crippen LogP contribution in [0, 0.1) is 0 Å². The summed E-state index contributed by atoms with van der Waals surface area (Å²) in [6.45, 7) is 0.639. The minimum atomic E-state index is -0.0360. The Morgan fingerprint density at radius 1 is 1.50 bits per heavy atom. The molecule has 0 bridgehead atoms. The molecule has 1 unspecified atom stereocenters. The van der Waals surface area contributed by atoms with Gasteiger partial charge in [-0.1, -0.05) is 12.8 Å². The highest BCUT2D eigenvalue weighted by molar-refractivity contribution is 7.98. The first-order chi connectivity index (χ1) is 9.72. The second-order valence-electron chi connectivity index (χ2n) is 5.64. The van der Waals surface area contributed by atoms with Crippen LogP contribution < -0.4 is 5.32 Å². The predicted molar refractivity (Wildman–Crippen MR) is 79.0 cm³/mol. The number of nitrogens with zero attached hydrogens (tertiary/aromatic N) is 1. The lowest BCUT2D eigenvalue weighted by atomic mass is 9.96. The van der Waals surface area contributed by atoms with Crippen molar-refractivity contribution in [2.75, 3.05) is 12.9 Å². The fraction of sp³-hybridized carbons (Fsp3) is 0.600. The van der Waals surface area contributed by atoms with Gasteiger partial charge in [0.05, 0.1) is 23.8 Å². The smallest absolute Gasteiger partial charge is 0.254 e. The van der Waals surface area contributed by atoms with Crippen molar-refractivity contribution in [3.8, 4) is 0 Å². The summed E-state index contributed by atoms with van der Waals surface area (Å²) in [7, 11) is 0. The van der Waals surface area contributed by atoms with Crippen molar-refractivity contribution in [3.63, 3.8) is 0 Å². The molecule has 1 aromatic heterocycles. The molecule has 1 N–H and O–H groups in total. The number of carbonyl (C=O) groups excluding carboxylic acids is 1. The second-order valence-corrected chi connectivity index (χ2v) is 6.43. The number of aromatic nitrogens is 1. The van der Waals surface area contributed by atoms with Gasteiger partial charge in [-0.05, 0) is 37.7 Å². The minimum absolute atomic E-state index is 0.0360. The highest BCUT2D eigenvalue weighted by Crippen LogP contribution is 2.40. The van der Waals surface area contributed by atoms with E-state index in [4.69, 9.17) is 4.74 Å². The van der Waals surface area contributed by atoms with Gasteiger partial charge in [-0.25, -0.2) is 4.98 Å². The minimum Gasteiger partial charge on any atom is -0.373 e. The molecular formula is C15H20N2O2S.